The largest absolute Gasteiger partial charge is 0.370 e. The van der Waals surface area contributed by atoms with Crippen molar-refractivity contribution < 1.29 is 9.59 Å². The van der Waals surface area contributed by atoms with Crippen molar-refractivity contribution in [3.8, 4) is 0 Å². The Hall–Kier alpha value is -2.86. The van der Waals surface area contributed by atoms with Crippen LogP contribution < -0.4 is 10.2 Å². The van der Waals surface area contributed by atoms with E-state index in [9.17, 15) is 9.59 Å². The maximum atomic E-state index is 14.2. The van der Waals surface area contributed by atoms with E-state index in [0.717, 1.165) is 56.0 Å². The first-order valence-corrected chi connectivity index (χ1v) is 13.1. The van der Waals surface area contributed by atoms with Crippen molar-refractivity contribution in [2.24, 2.45) is 17.8 Å². The molecule has 0 bridgehead atoms. The van der Waals surface area contributed by atoms with Gasteiger partial charge in [-0.3, -0.25) is 9.59 Å². The summed E-state index contributed by atoms with van der Waals surface area (Å²) in [7, 11) is 2.12. The number of nitrogens with one attached hydrogen (secondary N) is 1. The Morgan fingerprint density at radius 2 is 1.63 bits per heavy atom. The molecule has 0 aromatic heterocycles. The van der Waals surface area contributed by atoms with Gasteiger partial charge in [0, 0.05) is 44.3 Å². The van der Waals surface area contributed by atoms with Gasteiger partial charge in [0.25, 0.3) is 5.91 Å². The third-order valence-corrected chi connectivity index (χ3v) is 7.68. The molecule has 2 amide bonds. The zero-order chi connectivity index (χ0) is 24.5. The highest BCUT2D eigenvalue weighted by Crippen LogP contribution is 2.35. The highest BCUT2D eigenvalue weighted by Gasteiger charge is 2.34. The molecule has 3 atom stereocenters. The number of hydrogen-bond acceptors (Lipinski definition) is 4. The van der Waals surface area contributed by atoms with E-state index >= 15 is 0 Å². The molecule has 2 heterocycles. The molecule has 1 saturated carbocycles. The standard InChI is InChI=1S/C29H38N4O2/c1-20-15-21(2)18-32(17-20)26-16-24(30-28(34)23-9-10-23)11-12-25(26)29(35)33-14-13-31(3)19-27(33)22-7-5-4-6-8-22/h4-8,11-12,16,20-21,23,27H,9-10,13-15,17-19H2,1-3H3,(H,30,34). The average molecular weight is 475 g/mol. The van der Waals surface area contributed by atoms with Crippen LogP contribution in [-0.4, -0.2) is 61.4 Å². The SMILES string of the molecule is CC1CC(C)CN(c2cc(NC(=O)C3CC3)ccc2C(=O)N2CCN(C)CC2c2ccccc2)C1. The second kappa shape index (κ2) is 10.0. The summed E-state index contributed by atoms with van der Waals surface area (Å²) in [6.45, 7) is 8.80. The first-order chi connectivity index (χ1) is 16.9. The van der Waals surface area contributed by atoms with E-state index in [0.29, 0.717) is 18.4 Å². The number of nitrogens with zero attached hydrogens (tertiary/aromatic N) is 3. The summed E-state index contributed by atoms with van der Waals surface area (Å²) in [5.74, 6) is 1.44. The molecule has 186 valence electrons. The number of carbonyl (C=O) groups is 2. The van der Waals surface area contributed by atoms with E-state index < -0.39 is 0 Å². The van der Waals surface area contributed by atoms with Crippen LogP contribution in [0.4, 0.5) is 11.4 Å². The Morgan fingerprint density at radius 1 is 0.914 bits per heavy atom. The molecule has 1 N–H and O–H groups in total. The Bertz CT molecular complexity index is 1060. The second-order valence-electron chi connectivity index (χ2n) is 11.0. The van der Waals surface area contributed by atoms with Gasteiger partial charge in [0.15, 0.2) is 0 Å². The highest BCUT2D eigenvalue weighted by atomic mass is 16.2. The van der Waals surface area contributed by atoms with Gasteiger partial charge in [0.2, 0.25) is 5.91 Å². The number of carbonyl (C=O) groups excluding carboxylic acids is 2. The normalized spacial score (nSPS) is 25.4. The molecule has 2 aromatic carbocycles. The molecule has 2 saturated heterocycles. The number of likely N-dealkylation sites (N-methyl/N-ethyl adjacent to an activating group) is 1. The third-order valence-electron chi connectivity index (χ3n) is 7.68. The molecule has 1 aliphatic carbocycles. The van der Waals surface area contributed by atoms with E-state index in [-0.39, 0.29) is 23.8 Å². The van der Waals surface area contributed by atoms with Crippen molar-refractivity contribution >= 4 is 23.2 Å². The Kier molecular flexibility index (Phi) is 6.83. The lowest BCUT2D eigenvalue weighted by Crippen LogP contribution is -2.49. The number of piperazine rings is 1. The van der Waals surface area contributed by atoms with Crippen molar-refractivity contribution in [1.82, 2.24) is 9.80 Å². The van der Waals surface area contributed by atoms with Crippen molar-refractivity contribution in [2.45, 2.75) is 39.2 Å². The fourth-order valence-electron chi connectivity index (χ4n) is 5.78. The second-order valence-corrected chi connectivity index (χ2v) is 11.0. The number of anilines is 2. The smallest absolute Gasteiger partial charge is 0.256 e. The van der Waals surface area contributed by atoms with Gasteiger partial charge in [-0.05, 0) is 61.9 Å². The van der Waals surface area contributed by atoms with E-state index in [1.165, 1.54) is 12.0 Å². The lowest BCUT2D eigenvalue weighted by atomic mass is 9.91. The van der Waals surface area contributed by atoms with Gasteiger partial charge >= 0.3 is 0 Å². The Morgan fingerprint density at radius 3 is 2.31 bits per heavy atom. The predicted molar refractivity (Wildman–Crippen MR) is 141 cm³/mol. The molecule has 3 aliphatic rings. The summed E-state index contributed by atoms with van der Waals surface area (Å²) in [4.78, 5) is 33.3. The van der Waals surface area contributed by atoms with Crippen LogP contribution in [0.2, 0.25) is 0 Å². The first-order valence-electron chi connectivity index (χ1n) is 13.1. The van der Waals surface area contributed by atoms with Crippen LogP contribution in [0, 0.1) is 17.8 Å². The highest BCUT2D eigenvalue weighted by molar-refractivity contribution is 6.02. The van der Waals surface area contributed by atoms with Gasteiger partial charge in [-0.1, -0.05) is 44.2 Å². The zero-order valence-corrected chi connectivity index (χ0v) is 21.2. The molecule has 5 rings (SSSR count). The minimum Gasteiger partial charge on any atom is -0.370 e. The Labute approximate surface area is 209 Å². The minimum absolute atomic E-state index is 0.0174. The van der Waals surface area contributed by atoms with E-state index in [2.05, 4.69) is 48.1 Å². The van der Waals surface area contributed by atoms with Gasteiger partial charge in [0.1, 0.15) is 0 Å². The fourth-order valence-corrected chi connectivity index (χ4v) is 5.78. The number of hydrogen-bond donors (Lipinski definition) is 1. The quantitative estimate of drug-likeness (QED) is 0.686. The van der Waals surface area contributed by atoms with Crippen LogP contribution in [-0.2, 0) is 4.79 Å². The van der Waals surface area contributed by atoms with E-state index in [1.54, 1.807) is 0 Å². The molecule has 2 aliphatic heterocycles. The summed E-state index contributed by atoms with van der Waals surface area (Å²) in [6.07, 6.45) is 3.15. The van der Waals surface area contributed by atoms with Crippen molar-refractivity contribution in [3.63, 3.8) is 0 Å². The molecule has 0 radical (unpaired) electrons. The number of rotatable bonds is 5. The van der Waals surface area contributed by atoms with Crippen LogP contribution in [0.25, 0.3) is 0 Å². The van der Waals surface area contributed by atoms with Crippen LogP contribution in [0.15, 0.2) is 48.5 Å². The summed E-state index contributed by atoms with van der Waals surface area (Å²) >= 11 is 0. The molecule has 6 nitrogen and oxygen atoms in total. The van der Waals surface area contributed by atoms with Crippen molar-refractivity contribution in [3.05, 3.63) is 59.7 Å². The zero-order valence-electron chi connectivity index (χ0n) is 21.2. The molecule has 3 unspecified atom stereocenters. The minimum atomic E-state index is 0.0174. The first kappa shape index (κ1) is 23.9. The fraction of sp³-hybridized carbons (Fsp3) is 0.517. The summed E-state index contributed by atoms with van der Waals surface area (Å²) in [5, 5.41) is 3.09. The topological polar surface area (TPSA) is 55.9 Å². The molecular weight excluding hydrogens is 436 g/mol. The van der Waals surface area contributed by atoms with Crippen molar-refractivity contribution in [1.29, 1.82) is 0 Å². The van der Waals surface area contributed by atoms with E-state index in [4.69, 9.17) is 0 Å². The molecule has 3 fully saturated rings. The average Bonchev–Trinajstić information content (AvgIpc) is 3.69. The third kappa shape index (κ3) is 5.37. The van der Waals surface area contributed by atoms with Crippen LogP contribution >= 0.6 is 0 Å². The predicted octanol–water partition coefficient (Wildman–Crippen LogP) is 4.65. The summed E-state index contributed by atoms with van der Waals surface area (Å²) in [6, 6.07) is 16.2. The summed E-state index contributed by atoms with van der Waals surface area (Å²) < 4.78 is 0. The van der Waals surface area contributed by atoms with Crippen LogP contribution in [0.1, 0.15) is 55.1 Å². The molecule has 6 heteroatoms. The lowest BCUT2D eigenvalue weighted by Gasteiger charge is -2.42. The monoisotopic (exact) mass is 474 g/mol. The molecular formula is C29H38N4O2. The van der Waals surface area contributed by atoms with Gasteiger partial charge in [0.05, 0.1) is 17.3 Å². The summed E-state index contributed by atoms with van der Waals surface area (Å²) in [5.41, 5.74) is 3.65. The van der Waals surface area contributed by atoms with Crippen LogP contribution in [0.5, 0.6) is 0 Å². The van der Waals surface area contributed by atoms with E-state index in [1.807, 2.05) is 41.3 Å². The molecule has 2 aromatic rings. The molecule has 35 heavy (non-hydrogen) atoms. The molecule has 0 spiro atoms. The van der Waals surface area contributed by atoms with Gasteiger partial charge in [-0.25, -0.2) is 0 Å². The Balaban J connectivity index is 1.49. The number of piperidine rings is 1. The maximum absolute atomic E-state index is 14.2. The lowest BCUT2D eigenvalue weighted by molar-refractivity contribution is -0.117. The van der Waals surface area contributed by atoms with Crippen LogP contribution in [0.3, 0.4) is 0 Å². The maximum Gasteiger partial charge on any atom is 0.256 e. The number of benzene rings is 2. The van der Waals surface area contributed by atoms with Gasteiger partial charge in [-0.15, -0.1) is 0 Å². The van der Waals surface area contributed by atoms with Crippen molar-refractivity contribution in [2.75, 3.05) is 50.0 Å². The van der Waals surface area contributed by atoms with Gasteiger partial charge in [-0.2, -0.15) is 0 Å². The van der Waals surface area contributed by atoms with Gasteiger partial charge < -0.3 is 20.0 Å². The number of amides is 2.